The van der Waals surface area contributed by atoms with Crippen molar-refractivity contribution in [3.8, 4) is 0 Å². The standard InChI is InChI=1S/C21H28ClN3S/c1-20(2,3)26-19-7-6-17(12-18(19)22)24-14-21(4,5)25(15-24)13-16-8-10-23-11-9-16/h6-12H,13-15H2,1-5H3. The highest BCUT2D eigenvalue weighted by Gasteiger charge is 2.37. The molecule has 3 rings (SSSR count). The van der Waals surface area contributed by atoms with E-state index in [9.17, 15) is 0 Å². The molecular formula is C21H28ClN3S. The predicted octanol–water partition coefficient (Wildman–Crippen LogP) is 5.68. The Morgan fingerprint density at radius 2 is 1.85 bits per heavy atom. The van der Waals surface area contributed by atoms with Crippen LogP contribution in [0.25, 0.3) is 0 Å². The minimum Gasteiger partial charge on any atom is -0.357 e. The number of thioether (sulfide) groups is 1. The Morgan fingerprint density at radius 1 is 1.15 bits per heavy atom. The molecule has 1 aliphatic rings. The largest absolute Gasteiger partial charge is 0.357 e. The maximum absolute atomic E-state index is 6.58. The summed E-state index contributed by atoms with van der Waals surface area (Å²) < 4.78 is 0.155. The maximum Gasteiger partial charge on any atom is 0.0715 e. The quantitative estimate of drug-likeness (QED) is 0.626. The molecule has 0 bridgehead atoms. The SMILES string of the molecule is CC(C)(C)Sc1ccc(N2CN(Cc3ccncc3)C(C)(C)C2)cc1Cl. The van der Waals surface area contributed by atoms with E-state index < -0.39 is 0 Å². The minimum absolute atomic E-state index is 0.106. The molecule has 1 fully saturated rings. The van der Waals surface area contributed by atoms with Gasteiger partial charge in [-0.1, -0.05) is 32.4 Å². The van der Waals surface area contributed by atoms with Crippen LogP contribution < -0.4 is 4.90 Å². The number of pyridine rings is 1. The Morgan fingerprint density at radius 3 is 2.46 bits per heavy atom. The van der Waals surface area contributed by atoms with E-state index in [-0.39, 0.29) is 10.3 Å². The number of rotatable bonds is 4. The van der Waals surface area contributed by atoms with E-state index in [1.165, 1.54) is 11.3 Å². The lowest BCUT2D eigenvalue weighted by molar-refractivity contribution is 0.175. The van der Waals surface area contributed by atoms with Crippen LogP contribution in [0.5, 0.6) is 0 Å². The number of aromatic nitrogens is 1. The van der Waals surface area contributed by atoms with Gasteiger partial charge in [-0.25, -0.2) is 0 Å². The molecule has 5 heteroatoms. The van der Waals surface area contributed by atoms with Crippen LogP contribution in [0, 0.1) is 0 Å². The summed E-state index contributed by atoms with van der Waals surface area (Å²) in [5, 5.41) is 0.841. The van der Waals surface area contributed by atoms with E-state index in [2.05, 4.69) is 79.7 Å². The van der Waals surface area contributed by atoms with Crippen molar-refractivity contribution in [3.63, 3.8) is 0 Å². The van der Waals surface area contributed by atoms with Gasteiger partial charge < -0.3 is 4.90 Å². The van der Waals surface area contributed by atoms with Crippen LogP contribution in [0.4, 0.5) is 5.69 Å². The van der Waals surface area contributed by atoms with Crippen molar-refractivity contribution in [2.24, 2.45) is 0 Å². The van der Waals surface area contributed by atoms with Crippen molar-refractivity contribution < 1.29 is 0 Å². The van der Waals surface area contributed by atoms with E-state index >= 15 is 0 Å². The van der Waals surface area contributed by atoms with E-state index in [4.69, 9.17) is 11.6 Å². The minimum atomic E-state index is 0.106. The topological polar surface area (TPSA) is 19.4 Å². The van der Waals surface area contributed by atoms with Gasteiger partial charge in [0, 0.05) is 46.4 Å². The highest BCUT2D eigenvalue weighted by molar-refractivity contribution is 8.00. The fourth-order valence-corrected chi connectivity index (χ4v) is 4.50. The van der Waals surface area contributed by atoms with Crippen molar-refractivity contribution in [2.45, 2.75) is 56.3 Å². The summed E-state index contributed by atoms with van der Waals surface area (Å²) in [5.41, 5.74) is 2.60. The first kappa shape index (κ1) is 19.5. The molecule has 1 aromatic carbocycles. The molecule has 1 aliphatic heterocycles. The van der Waals surface area contributed by atoms with Gasteiger partial charge in [0.05, 0.1) is 11.7 Å². The first-order valence-corrected chi connectivity index (χ1v) is 10.2. The highest BCUT2D eigenvalue weighted by Crippen LogP contribution is 2.39. The van der Waals surface area contributed by atoms with Gasteiger partial charge in [0.25, 0.3) is 0 Å². The monoisotopic (exact) mass is 389 g/mol. The van der Waals surface area contributed by atoms with Crippen LogP contribution in [0.15, 0.2) is 47.6 Å². The summed E-state index contributed by atoms with van der Waals surface area (Å²) in [5.74, 6) is 0. The molecule has 0 atom stereocenters. The van der Waals surface area contributed by atoms with Gasteiger partial charge in [0.2, 0.25) is 0 Å². The van der Waals surface area contributed by atoms with Crippen molar-refractivity contribution in [2.75, 3.05) is 18.1 Å². The van der Waals surface area contributed by atoms with Crippen molar-refractivity contribution in [3.05, 3.63) is 53.3 Å². The second-order valence-corrected chi connectivity index (χ2v) is 10.8. The molecule has 26 heavy (non-hydrogen) atoms. The summed E-state index contributed by atoms with van der Waals surface area (Å²) in [6.45, 7) is 14.1. The van der Waals surface area contributed by atoms with Crippen molar-refractivity contribution in [1.29, 1.82) is 0 Å². The fraction of sp³-hybridized carbons (Fsp3) is 0.476. The van der Waals surface area contributed by atoms with Crippen LogP contribution in [-0.2, 0) is 6.54 Å². The Hall–Kier alpha value is -1.23. The van der Waals surface area contributed by atoms with E-state index in [0.29, 0.717) is 0 Å². The lowest BCUT2D eigenvalue weighted by Gasteiger charge is -2.29. The number of halogens is 1. The predicted molar refractivity (Wildman–Crippen MR) is 113 cm³/mol. The van der Waals surface area contributed by atoms with E-state index in [1.807, 2.05) is 24.2 Å². The molecule has 0 amide bonds. The summed E-state index contributed by atoms with van der Waals surface area (Å²) in [4.78, 5) is 10.2. The number of nitrogens with zero attached hydrogens (tertiary/aromatic N) is 3. The molecule has 0 saturated carbocycles. The molecule has 2 heterocycles. The average molecular weight is 390 g/mol. The summed E-state index contributed by atoms with van der Waals surface area (Å²) in [6.07, 6.45) is 3.73. The first-order valence-electron chi connectivity index (χ1n) is 9.01. The highest BCUT2D eigenvalue weighted by atomic mass is 35.5. The Kier molecular flexibility index (Phi) is 5.57. The zero-order chi connectivity index (χ0) is 18.9. The number of anilines is 1. The normalized spacial score (nSPS) is 17.7. The summed E-state index contributed by atoms with van der Waals surface area (Å²) in [7, 11) is 0. The van der Waals surface area contributed by atoms with Gasteiger partial charge in [0.15, 0.2) is 0 Å². The molecule has 1 saturated heterocycles. The van der Waals surface area contributed by atoms with Crippen LogP contribution in [-0.4, -0.2) is 33.4 Å². The third kappa shape index (κ3) is 4.73. The van der Waals surface area contributed by atoms with Gasteiger partial charge in [-0.15, -0.1) is 11.8 Å². The third-order valence-corrected chi connectivity index (χ3v) is 6.21. The molecule has 0 N–H and O–H groups in total. The lowest BCUT2D eigenvalue weighted by Crippen LogP contribution is -2.39. The van der Waals surface area contributed by atoms with Crippen LogP contribution >= 0.6 is 23.4 Å². The third-order valence-electron chi connectivity index (χ3n) is 4.59. The molecule has 0 radical (unpaired) electrons. The molecule has 2 aromatic rings. The summed E-state index contributed by atoms with van der Waals surface area (Å²) >= 11 is 8.40. The van der Waals surface area contributed by atoms with Gasteiger partial charge in [0.1, 0.15) is 0 Å². The van der Waals surface area contributed by atoms with Crippen molar-refractivity contribution in [1.82, 2.24) is 9.88 Å². The van der Waals surface area contributed by atoms with Crippen molar-refractivity contribution >= 4 is 29.1 Å². The van der Waals surface area contributed by atoms with Crippen LogP contribution in [0.1, 0.15) is 40.2 Å². The van der Waals surface area contributed by atoms with Crippen LogP contribution in [0.2, 0.25) is 5.02 Å². The molecule has 140 valence electrons. The molecule has 0 spiro atoms. The maximum atomic E-state index is 6.58. The second-order valence-electron chi connectivity index (χ2n) is 8.53. The fourth-order valence-electron chi connectivity index (χ4n) is 3.26. The average Bonchev–Trinajstić information content (AvgIpc) is 2.84. The molecule has 0 unspecified atom stereocenters. The molecular weight excluding hydrogens is 362 g/mol. The van der Waals surface area contributed by atoms with Gasteiger partial charge in [-0.3, -0.25) is 9.88 Å². The lowest BCUT2D eigenvalue weighted by atomic mass is 10.0. The van der Waals surface area contributed by atoms with Crippen LogP contribution in [0.3, 0.4) is 0 Å². The van der Waals surface area contributed by atoms with Gasteiger partial charge in [-0.2, -0.15) is 0 Å². The first-order chi connectivity index (χ1) is 12.1. The van der Waals surface area contributed by atoms with Gasteiger partial charge >= 0.3 is 0 Å². The number of hydrogen-bond donors (Lipinski definition) is 0. The van der Waals surface area contributed by atoms with E-state index in [1.54, 1.807) is 0 Å². The number of benzene rings is 1. The molecule has 3 nitrogen and oxygen atoms in total. The molecule has 0 aliphatic carbocycles. The van der Waals surface area contributed by atoms with Gasteiger partial charge in [-0.05, 0) is 49.7 Å². The molecule has 1 aromatic heterocycles. The zero-order valence-electron chi connectivity index (χ0n) is 16.3. The Labute approximate surface area is 166 Å². The second kappa shape index (κ2) is 7.41. The summed E-state index contributed by atoms with van der Waals surface area (Å²) in [6, 6.07) is 10.7. The Bertz CT molecular complexity index is 756. The smallest absolute Gasteiger partial charge is 0.0715 e. The Balaban J connectivity index is 1.75. The number of hydrogen-bond acceptors (Lipinski definition) is 4. The zero-order valence-corrected chi connectivity index (χ0v) is 17.9. The van der Waals surface area contributed by atoms with E-state index in [0.717, 1.165) is 29.7 Å².